The summed E-state index contributed by atoms with van der Waals surface area (Å²) in [5.41, 5.74) is 4.47. The Balaban J connectivity index is 1.67. The highest BCUT2D eigenvalue weighted by Crippen LogP contribution is 2.21. The van der Waals surface area contributed by atoms with E-state index >= 15 is 0 Å². The van der Waals surface area contributed by atoms with Crippen molar-refractivity contribution >= 4 is 23.4 Å². The number of nitrogens with one attached hydrogen (secondary N) is 1. The van der Waals surface area contributed by atoms with Crippen LogP contribution in [0.2, 0.25) is 0 Å². The second-order valence-corrected chi connectivity index (χ2v) is 6.72. The molecule has 0 aliphatic carbocycles. The molecule has 0 atom stereocenters. The van der Waals surface area contributed by atoms with Gasteiger partial charge in [-0.15, -0.1) is 10.2 Å². The topological polar surface area (TPSA) is 83.6 Å². The fraction of sp³-hybridized carbons (Fsp3) is 0.158. The zero-order chi connectivity index (χ0) is 18.5. The quantitative estimate of drug-likeness (QED) is 0.702. The number of carbonyl (C=O) groups is 1. The average molecular weight is 363 g/mol. The number of benzene rings is 2. The number of hydrogen-bond donors (Lipinski definition) is 1. The van der Waals surface area contributed by atoms with E-state index in [9.17, 15) is 4.79 Å². The molecule has 0 saturated carbocycles. The van der Waals surface area contributed by atoms with Crippen LogP contribution >= 0.6 is 11.8 Å². The van der Waals surface area contributed by atoms with Crippen molar-refractivity contribution in [3.8, 4) is 11.8 Å². The van der Waals surface area contributed by atoms with Crippen LogP contribution in [0.3, 0.4) is 0 Å². The summed E-state index contributed by atoms with van der Waals surface area (Å²) < 4.78 is 1.86. The van der Waals surface area contributed by atoms with Crippen molar-refractivity contribution in [3.63, 3.8) is 0 Å². The Bertz CT molecular complexity index is 990. The zero-order valence-electron chi connectivity index (χ0n) is 14.4. The maximum absolute atomic E-state index is 12.2. The first-order valence-corrected chi connectivity index (χ1v) is 8.96. The third-order valence-electron chi connectivity index (χ3n) is 3.89. The van der Waals surface area contributed by atoms with E-state index in [0.29, 0.717) is 16.4 Å². The van der Waals surface area contributed by atoms with Gasteiger partial charge in [-0.05, 0) is 55.3 Å². The molecular formula is C19H17N5OS. The van der Waals surface area contributed by atoms with Crippen molar-refractivity contribution in [2.45, 2.75) is 19.0 Å². The molecule has 1 heterocycles. The number of aryl methyl sites for hydroxylation is 2. The van der Waals surface area contributed by atoms with Crippen molar-refractivity contribution in [2.24, 2.45) is 0 Å². The molecule has 130 valence electrons. The first kappa shape index (κ1) is 17.7. The maximum atomic E-state index is 12.2. The molecule has 3 aromatic rings. The molecular weight excluding hydrogens is 346 g/mol. The Kier molecular flexibility index (Phi) is 5.34. The molecule has 1 amide bonds. The summed E-state index contributed by atoms with van der Waals surface area (Å²) in [5.74, 6) is 0.0278. The predicted molar refractivity (Wildman–Crippen MR) is 101 cm³/mol. The second kappa shape index (κ2) is 7.85. The minimum atomic E-state index is -0.167. The van der Waals surface area contributed by atoms with Crippen molar-refractivity contribution in [1.29, 1.82) is 5.26 Å². The van der Waals surface area contributed by atoms with Gasteiger partial charge in [0.05, 0.1) is 17.4 Å². The van der Waals surface area contributed by atoms with Crippen molar-refractivity contribution in [2.75, 3.05) is 11.1 Å². The molecule has 0 unspecified atom stereocenters. The number of thioether (sulfide) groups is 1. The van der Waals surface area contributed by atoms with Gasteiger partial charge < -0.3 is 5.32 Å². The average Bonchev–Trinajstić information content (AvgIpc) is 3.11. The van der Waals surface area contributed by atoms with Gasteiger partial charge in [-0.2, -0.15) is 5.26 Å². The Morgan fingerprint density at radius 1 is 1.23 bits per heavy atom. The van der Waals surface area contributed by atoms with Gasteiger partial charge in [0.2, 0.25) is 5.91 Å². The fourth-order valence-corrected chi connectivity index (χ4v) is 3.10. The highest BCUT2D eigenvalue weighted by atomic mass is 32.2. The second-order valence-electron chi connectivity index (χ2n) is 5.78. The van der Waals surface area contributed by atoms with Gasteiger partial charge in [-0.25, -0.2) is 0 Å². The summed E-state index contributed by atoms with van der Waals surface area (Å²) in [6, 6.07) is 15.0. The number of amides is 1. The van der Waals surface area contributed by atoms with E-state index in [-0.39, 0.29) is 11.7 Å². The molecule has 26 heavy (non-hydrogen) atoms. The van der Waals surface area contributed by atoms with Crippen LogP contribution < -0.4 is 5.32 Å². The lowest BCUT2D eigenvalue weighted by molar-refractivity contribution is -0.113. The standard InChI is InChI=1S/C19H17N5OS/c1-13-6-7-17(8-14(13)2)24-12-21-23-19(24)26-11-18(25)22-16-5-3-4-15(9-16)10-20/h3-9,12H,11H2,1-2H3,(H,22,25). The molecule has 1 aromatic heterocycles. The number of aromatic nitrogens is 3. The number of anilines is 1. The SMILES string of the molecule is Cc1ccc(-n2cnnc2SCC(=O)Nc2cccc(C#N)c2)cc1C. The fourth-order valence-electron chi connectivity index (χ4n) is 2.37. The van der Waals surface area contributed by atoms with E-state index in [1.54, 1.807) is 30.6 Å². The van der Waals surface area contributed by atoms with E-state index < -0.39 is 0 Å². The van der Waals surface area contributed by atoms with Crippen LogP contribution in [0, 0.1) is 25.2 Å². The largest absolute Gasteiger partial charge is 0.325 e. The molecule has 0 fully saturated rings. The lowest BCUT2D eigenvalue weighted by Crippen LogP contribution is -2.14. The molecule has 6 nitrogen and oxygen atoms in total. The number of carbonyl (C=O) groups excluding carboxylic acids is 1. The molecule has 1 N–H and O–H groups in total. The summed E-state index contributed by atoms with van der Waals surface area (Å²) in [7, 11) is 0. The van der Waals surface area contributed by atoms with Crippen LogP contribution in [0.15, 0.2) is 53.9 Å². The van der Waals surface area contributed by atoms with E-state index in [2.05, 4.69) is 41.5 Å². The Morgan fingerprint density at radius 3 is 2.85 bits per heavy atom. The minimum Gasteiger partial charge on any atom is -0.325 e. The van der Waals surface area contributed by atoms with Gasteiger partial charge in [0.1, 0.15) is 6.33 Å². The molecule has 0 radical (unpaired) electrons. The first-order chi connectivity index (χ1) is 12.6. The summed E-state index contributed by atoms with van der Waals surface area (Å²) in [6.07, 6.45) is 1.64. The van der Waals surface area contributed by atoms with E-state index in [1.807, 2.05) is 16.7 Å². The molecule has 2 aromatic carbocycles. The van der Waals surface area contributed by atoms with Crippen LogP contribution in [0.1, 0.15) is 16.7 Å². The molecule has 0 saturated heterocycles. The van der Waals surface area contributed by atoms with Gasteiger partial charge in [-0.3, -0.25) is 9.36 Å². The first-order valence-electron chi connectivity index (χ1n) is 7.97. The van der Waals surface area contributed by atoms with Gasteiger partial charge >= 0.3 is 0 Å². The van der Waals surface area contributed by atoms with Crippen molar-refractivity contribution in [1.82, 2.24) is 14.8 Å². The highest BCUT2D eigenvalue weighted by molar-refractivity contribution is 7.99. The minimum absolute atomic E-state index is 0.167. The van der Waals surface area contributed by atoms with Crippen LogP contribution in [0.4, 0.5) is 5.69 Å². The lowest BCUT2D eigenvalue weighted by atomic mass is 10.1. The normalized spacial score (nSPS) is 10.3. The maximum Gasteiger partial charge on any atom is 0.234 e. The summed E-state index contributed by atoms with van der Waals surface area (Å²) >= 11 is 1.31. The Morgan fingerprint density at radius 2 is 2.08 bits per heavy atom. The number of nitriles is 1. The Labute approximate surface area is 155 Å². The number of rotatable bonds is 5. The van der Waals surface area contributed by atoms with Crippen molar-refractivity contribution < 1.29 is 4.79 Å². The van der Waals surface area contributed by atoms with E-state index in [1.165, 1.54) is 22.9 Å². The summed E-state index contributed by atoms with van der Waals surface area (Å²) in [5, 5.41) is 20.4. The van der Waals surface area contributed by atoms with Gasteiger partial charge in [0.25, 0.3) is 0 Å². The van der Waals surface area contributed by atoms with Gasteiger partial charge in [-0.1, -0.05) is 23.9 Å². The van der Waals surface area contributed by atoms with E-state index in [0.717, 1.165) is 5.69 Å². The van der Waals surface area contributed by atoms with Gasteiger partial charge in [0.15, 0.2) is 5.16 Å². The molecule has 3 rings (SSSR count). The smallest absolute Gasteiger partial charge is 0.234 e. The highest BCUT2D eigenvalue weighted by Gasteiger charge is 2.11. The molecule has 7 heteroatoms. The van der Waals surface area contributed by atoms with Crippen LogP contribution in [0.25, 0.3) is 5.69 Å². The van der Waals surface area contributed by atoms with Crippen LogP contribution in [-0.2, 0) is 4.79 Å². The van der Waals surface area contributed by atoms with Crippen LogP contribution in [0.5, 0.6) is 0 Å². The third kappa shape index (κ3) is 4.10. The molecule has 0 bridgehead atoms. The number of nitrogens with zero attached hydrogens (tertiary/aromatic N) is 4. The van der Waals surface area contributed by atoms with E-state index in [4.69, 9.17) is 5.26 Å². The zero-order valence-corrected chi connectivity index (χ0v) is 15.2. The third-order valence-corrected chi connectivity index (χ3v) is 4.84. The Hall–Kier alpha value is -3.11. The van der Waals surface area contributed by atoms with Crippen molar-refractivity contribution in [3.05, 3.63) is 65.5 Å². The van der Waals surface area contributed by atoms with Crippen LogP contribution in [-0.4, -0.2) is 26.4 Å². The molecule has 0 spiro atoms. The van der Waals surface area contributed by atoms with Gasteiger partial charge in [0, 0.05) is 11.4 Å². The summed E-state index contributed by atoms with van der Waals surface area (Å²) in [6.45, 7) is 4.12. The number of hydrogen-bond acceptors (Lipinski definition) is 5. The summed E-state index contributed by atoms with van der Waals surface area (Å²) in [4.78, 5) is 12.2. The molecule has 0 aliphatic rings. The predicted octanol–water partition coefficient (Wildman–Crippen LogP) is 3.49. The molecule has 0 aliphatic heterocycles. The lowest BCUT2D eigenvalue weighted by Gasteiger charge is -2.09. The monoisotopic (exact) mass is 363 g/mol.